The smallest absolute Gasteiger partial charge is 0.240 e. The zero-order valence-electron chi connectivity index (χ0n) is 11.9. The fourth-order valence-corrected chi connectivity index (χ4v) is 2.75. The number of nitrogen functional groups attached to an aromatic ring is 1. The van der Waals surface area contributed by atoms with Crippen LogP contribution in [0.4, 0.5) is 11.8 Å². The van der Waals surface area contributed by atoms with E-state index in [9.17, 15) is 0 Å². The summed E-state index contributed by atoms with van der Waals surface area (Å²) < 4.78 is 5.45. The van der Waals surface area contributed by atoms with Crippen LogP contribution in [0.3, 0.4) is 0 Å². The molecule has 0 aliphatic carbocycles. The van der Waals surface area contributed by atoms with Crippen molar-refractivity contribution < 1.29 is 4.74 Å². The minimum atomic E-state index is 0.434. The number of thiophene rings is 1. The Morgan fingerprint density at radius 3 is 2.95 bits per heavy atom. The minimum absolute atomic E-state index is 0.434. The molecule has 2 heterocycles. The van der Waals surface area contributed by atoms with Gasteiger partial charge in [0.2, 0.25) is 5.95 Å². The Morgan fingerprint density at radius 2 is 2.20 bits per heavy atom. The maximum atomic E-state index is 5.45. The van der Waals surface area contributed by atoms with Crippen LogP contribution in [0.25, 0.3) is 10.2 Å². The fourth-order valence-electron chi connectivity index (χ4n) is 1.87. The molecule has 0 spiro atoms. The lowest BCUT2D eigenvalue weighted by molar-refractivity contribution is 0.134. The van der Waals surface area contributed by atoms with Gasteiger partial charge in [-0.3, -0.25) is 5.43 Å². The molecule has 20 heavy (non-hydrogen) atoms. The van der Waals surface area contributed by atoms with Gasteiger partial charge in [-0.25, -0.2) is 10.8 Å². The molecule has 2 aromatic heterocycles. The molecule has 0 fully saturated rings. The number of aromatic nitrogens is 2. The summed E-state index contributed by atoms with van der Waals surface area (Å²) in [6, 6.07) is 2.09. The standard InChI is InChI=1S/C13H21N5OS/c1-3-6-19-7-4-5-15-11-10-8-9(2)20-12(10)17-13(16-11)18-14/h8H,3-7,14H2,1-2H3,(H2,15,16,17,18). The van der Waals surface area contributed by atoms with Crippen molar-refractivity contribution in [3.63, 3.8) is 0 Å². The third-order valence-corrected chi connectivity index (χ3v) is 3.70. The minimum Gasteiger partial charge on any atom is -0.381 e. The van der Waals surface area contributed by atoms with Crippen LogP contribution in [0, 0.1) is 6.92 Å². The van der Waals surface area contributed by atoms with Crippen LogP contribution >= 0.6 is 11.3 Å². The summed E-state index contributed by atoms with van der Waals surface area (Å²) in [7, 11) is 0. The maximum absolute atomic E-state index is 5.45. The molecule has 0 unspecified atom stereocenters. The van der Waals surface area contributed by atoms with Crippen LogP contribution in [0.5, 0.6) is 0 Å². The Morgan fingerprint density at radius 1 is 1.35 bits per heavy atom. The van der Waals surface area contributed by atoms with Crippen LogP contribution in [-0.4, -0.2) is 29.7 Å². The molecule has 2 rings (SSSR count). The van der Waals surface area contributed by atoms with E-state index in [2.05, 4.69) is 40.6 Å². The van der Waals surface area contributed by atoms with Gasteiger partial charge in [-0.2, -0.15) is 4.98 Å². The highest BCUT2D eigenvalue weighted by atomic mass is 32.1. The highest BCUT2D eigenvalue weighted by molar-refractivity contribution is 7.18. The number of nitrogens with two attached hydrogens (primary N) is 1. The van der Waals surface area contributed by atoms with E-state index in [-0.39, 0.29) is 0 Å². The van der Waals surface area contributed by atoms with Gasteiger partial charge in [-0.1, -0.05) is 6.92 Å². The van der Waals surface area contributed by atoms with E-state index < -0.39 is 0 Å². The molecular formula is C13H21N5OS. The number of fused-ring (bicyclic) bond motifs is 1. The van der Waals surface area contributed by atoms with Crippen LogP contribution in [0.2, 0.25) is 0 Å². The van der Waals surface area contributed by atoms with Gasteiger partial charge in [0.15, 0.2) is 0 Å². The van der Waals surface area contributed by atoms with Gasteiger partial charge >= 0.3 is 0 Å². The predicted molar refractivity (Wildman–Crippen MR) is 84.2 cm³/mol. The van der Waals surface area contributed by atoms with Crippen molar-refractivity contribution >= 4 is 33.3 Å². The average Bonchev–Trinajstić information content (AvgIpc) is 2.82. The van der Waals surface area contributed by atoms with Crippen LogP contribution in [0.15, 0.2) is 6.07 Å². The van der Waals surface area contributed by atoms with E-state index in [4.69, 9.17) is 10.6 Å². The monoisotopic (exact) mass is 295 g/mol. The molecule has 4 N–H and O–H groups in total. The Balaban J connectivity index is 2.00. The third kappa shape index (κ3) is 3.78. The third-order valence-electron chi connectivity index (χ3n) is 2.75. The second-order valence-corrected chi connectivity index (χ2v) is 5.74. The van der Waals surface area contributed by atoms with Gasteiger partial charge in [0.1, 0.15) is 10.6 Å². The second kappa shape index (κ2) is 7.37. The van der Waals surface area contributed by atoms with E-state index >= 15 is 0 Å². The van der Waals surface area contributed by atoms with Crippen molar-refractivity contribution in [3.8, 4) is 0 Å². The van der Waals surface area contributed by atoms with Crippen molar-refractivity contribution in [3.05, 3.63) is 10.9 Å². The van der Waals surface area contributed by atoms with Gasteiger partial charge in [0.05, 0.1) is 5.39 Å². The Labute approximate surface area is 122 Å². The average molecular weight is 295 g/mol. The number of anilines is 2. The summed E-state index contributed by atoms with van der Waals surface area (Å²) >= 11 is 1.63. The summed E-state index contributed by atoms with van der Waals surface area (Å²) in [5, 5.41) is 4.38. The van der Waals surface area contributed by atoms with E-state index in [0.29, 0.717) is 5.95 Å². The van der Waals surface area contributed by atoms with E-state index in [1.807, 2.05) is 0 Å². The lowest BCUT2D eigenvalue weighted by atomic mass is 10.3. The zero-order chi connectivity index (χ0) is 14.4. The number of hydrogen-bond donors (Lipinski definition) is 3. The first kappa shape index (κ1) is 15.0. The highest BCUT2D eigenvalue weighted by Gasteiger charge is 2.09. The predicted octanol–water partition coefficient (Wildman–Crippen LogP) is 2.51. The molecule has 0 aliphatic rings. The molecule has 0 bridgehead atoms. The first-order valence-electron chi connectivity index (χ1n) is 6.81. The second-order valence-electron chi connectivity index (χ2n) is 4.51. The Kier molecular flexibility index (Phi) is 5.51. The van der Waals surface area contributed by atoms with Gasteiger partial charge in [-0.05, 0) is 25.8 Å². The normalized spacial score (nSPS) is 10.9. The fraction of sp³-hybridized carbons (Fsp3) is 0.538. The van der Waals surface area contributed by atoms with Gasteiger partial charge < -0.3 is 10.1 Å². The first-order chi connectivity index (χ1) is 9.74. The summed E-state index contributed by atoms with van der Waals surface area (Å²) in [6.07, 6.45) is 2.00. The summed E-state index contributed by atoms with van der Waals surface area (Å²) in [6.45, 7) is 6.57. The lowest BCUT2D eigenvalue weighted by Crippen LogP contribution is -2.13. The van der Waals surface area contributed by atoms with E-state index in [1.54, 1.807) is 11.3 Å². The van der Waals surface area contributed by atoms with Crippen molar-refractivity contribution in [2.24, 2.45) is 5.84 Å². The Hall–Kier alpha value is -1.44. The summed E-state index contributed by atoms with van der Waals surface area (Å²) in [5.41, 5.74) is 2.51. The van der Waals surface area contributed by atoms with Crippen molar-refractivity contribution in [1.29, 1.82) is 0 Å². The molecule has 0 atom stereocenters. The molecule has 6 nitrogen and oxygen atoms in total. The van der Waals surface area contributed by atoms with Crippen LogP contribution in [0.1, 0.15) is 24.6 Å². The lowest BCUT2D eigenvalue weighted by Gasteiger charge is -2.08. The van der Waals surface area contributed by atoms with E-state index in [0.717, 1.165) is 48.6 Å². The molecule has 0 aromatic carbocycles. The number of aryl methyl sites for hydroxylation is 1. The number of nitrogens with one attached hydrogen (secondary N) is 2. The molecule has 7 heteroatoms. The number of nitrogens with zero attached hydrogens (tertiary/aromatic N) is 2. The zero-order valence-corrected chi connectivity index (χ0v) is 12.7. The van der Waals surface area contributed by atoms with E-state index in [1.165, 1.54) is 4.88 Å². The largest absolute Gasteiger partial charge is 0.381 e. The number of hydrogen-bond acceptors (Lipinski definition) is 7. The molecular weight excluding hydrogens is 274 g/mol. The molecule has 0 saturated carbocycles. The quantitative estimate of drug-likeness (QED) is 0.394. The highest BCUT2D eigenvalue weighted by Crippen LogP contribution is 2.29. The molecule has 0 amide bonds. The van der Waals surface area contributed by atoms with Gasteiger partial charge in [0.25, 0.3) is 0 Å². The molecule has 0 radical (unpaired) electrons. The number of ether oxygens (including phenoxy) is 1. The SMILES string of the molecule is CCCOCCCNc1nc(NN)nc2sc(C)cc12. The van der Waals surface area contributed by atoms with Gasteiger partial charge in [0, 0.05) is 24.6 Å². The summed E-state index contributed by atoms with van der Waals surface area (Å²) in [4.78, 5) is 10.9. The number of rotatable bonds is 8. The molecule has 110 valence electrons. The van der Waals surface area contributed by atoms with Gasteiger partial charge in [-0.15, -0.1) is 11.3 Å². The maximum Gasteiger partial charge on any atom is 0.240 e. The van der Waals surface area contributed by atoms with Crippen LogP contribution < -0.4 is 16.6 Å². The van der Waals surface area contributed by atoms with Crippen LogP contribution in [-0.2, 0) is 4.74 Å². The molecule has 0 aliphatic heterocycles. The topological polar surface area (TPSA) is 85.1 Å². The summed E-state index contributed by atoms with van der Waals surface area (Å²) in [5.74, 6) is 6.66. The molecule has 0 saturated heterocycles. The van der Waals surface area contributed by atoms with Crippen molar-refractivity contribution in [2.75, 3.05) is 30.5 Å². The number of hydrazine groups is 1. The van der Waals surface area contributed by atoms with Crippen molar-refractivity contribution in [2.45, 2.75) is 26.7 Å². The van der Waals surface area contributed by atoms with Crippen molar-refractivity contribution in [1.82, 2.24) is 9.97 Å². The molecule has 2 aromatic rings. The first-order valence-corrected chi connectivity index (χ1v) is 7.62. The Bertz CT molecular complexity index is 557.